The maximum Gasteiger partial charge on any atom is 0.387 e. The van der Waals surface area contributed by atoms with Gasteiger partial charge in [0, 0.05) is 18.7 Å². The molecule has 1 heterocycles. The van der Waals surface area contributed by atoms with E-state index in [1.165, 1.54) is 18.2 Å². The average molecular weight is 412 g/mol. The van der Waals surface area contributed by atoms with E-state index >= 15 is 0 Å². The molecule has 1 saturated carbocycles. The fourth-order valence-electron chi connectivity index (χ4n) is 2.74. The third-order valence-electron chi connectivity index (χ3n) is 4.11. The van der Waals surface area contributed by atoms with E-state index in [0.717, 1.165) is 24.2 Å². The van der Waals surface area contributed by atoms with Gasteiger partial charge in [0.15, 0.2) is 11.5 Å². The summed E-state index contributed by atoms with van der Waals surface area (Å²) in [6.45, 7) is -0.732. The number of alkyl halides is 2. The number of benzene rings is 1. The van der Waals surface area contributed by atoms with Gasteiger partial charge in [-0.15, -0.1) is 0 Å². The summed E-state index contributed by atoms with van der Waals surface area (Å²) in [6, 6.07) is 7.37. The first-order chi connectivity index (χ1) is 13.4. The minimum absolute atomic E-state index is 0.0567. The number of hydrogen-bond acceptors (Lipinski definition) is 6. The lowest BCUT2D eigenvalue weighted by atomic mass is 10.1. The summed E-state index contributed by atoms with van der Waals surface area (Å²) in [5.41, 5.74) is 0.691. The Kier molecular flexibility index (Phi) is 6.08. The van der Waals surface area contributed by atoms with Crippen molar-refractivity contribution in [3.8, 4) is 11.5 Å². The minimum atomic E-state index is -2.97. The van der Waals surface area contributed by atoms with Crippen LogP contribution in [0.25, 0.3) is 0 Å². The zero-order chi connectivity index (χ0) is 20.3. The fraction of sp³-hybridized carbons (Fsp3) is 0.389. The minimum Gasteiger partial charge on any atom is -0.490 e. The second-order valence-corrected chi connectivity index (χ2v) is 7.21. The molecule has 0 radical (unpaired) electrons. The van der Waals surface area contributed by atoms with Gasteiger partial charge in [-0.1, -0.05) is 17.4 Å². The molecule has 150 valence electrons. The molecule has 0 bridgehead atoms. The number of hydrogen-bond donors (Lipinski definition) is 0. The van der Waals surface area contributed by atoms with Crippen molar-refractivity contribution in [2.45, 2.75) is 39.0 Å². The van der Waals surface area contributed by atoms with Gasteiger partial charge in [0.1, 0.15) is 0 Å². The number of ether oxygens (including phenoxy) is 2. The summed E-state index contributed by atoms with van der Waals surface area (Å²) in [5, 5.41) is 10.8. The Morgan fingerprint density at radius 2 is 2.07 bits per heavy atom. The highest BCUT2D eigenvalue weighted by atomic mass is 32.1. The van der Waals surface area contributed by atoms with E-state index in [0.29, 0.717) is 10.4 Å². The Morgan fingerprint density at radius 1 is 1.32 bits per heavy atom. The number of carbonyl (C=O) groups is 1. The molecule has 0 aliphatic heterocycles. The third kappa shape index (κ3) is 4.75. The van der Waals surface area contributed by atoms with Gasteiger partial charge < -0.3 is 14.4 Å². The number of nitrogens with zero attached hydrogens (tertiary/aromatic N) is 2. The molecule has 1 aliphatic rings. The van der Waals surface area contributed by atoms with Gasteiger partial charge in [-0.2, -0.15) is 8.78 Å². The van der Waals surface area contributed by atoms with Gasteiger partial charge in [-0.25, -0.2) is 0 Å². The third-order valence-corrected chi connectivity index (χ3v) is 5.13. The normalized spacial score (nSPS) is 13.4. The van der Waals surface area contributed by atoms with Crippen molar-refractivity contribution in [1.82, 2.24) is 4.90 Å². The quantitative estimate of drug-likeness (QED) is 0.449. The van der Waals surface area contributed by atoms with Crippen LogP contribution in [0, 0.1) is 10.1 Å². The van der Waals surface area contributed by atoms with E-state index < -0.39 is 11.5 Å². The number of rotatable bonds is 9. The Morgan fingerprint density at radius 3 is 2.64 bits per heavy atom. The van der Waals surface area contributed by atoms with Crippen molar-refractivity contribution >= 4 is 22.2 Å². The van der Waals surface area contributed by atoms with Crippen molar-refractivity contribution < 1.29 is 28.0 Å². The van der Waals surface area contributed by atoms with Crippen LogP contribution in [0.5, 0.6) is 11.5 Å². The number of carbonyl (C=O) groups excluding carboxylic acids is 1. The molecule has 1 aromatic carbocycles. The topological polar surface area (TPSA) is 81.9 Å². The van der Waals surface area contributed by atoms with Crippen LogP contribution in [-0.2, 0) is 6.54 Å². The summed E-state index contributed by atoms with van der Waals surface area (Å²) in [6.07, 6.45) is 1.70. The molecular formula is C18H18F2N2O5S. The van der Waals surface area contributed by atoms with Crippen LogP contribution in [0.4, 0.5) is 13.8 Å². The largest absolute Gasteiger partial charge is 0.490 e. The molecular weight excluding hydrogens is 394 g/mol. The lowest BCUT2D eigenvalue weighted by molar-refractivity contribution is -0.380. The fourth-order valence-corrected chi connectivity index (χ4v) is 3.52. The van der Waals surface area contributed by atoms with E-state index in [2.05, 4.69) is 4.74 Å². The first-order valence-electron chi connectivity index (χ1n) is 8.64. The van der Waals surface area contributed by atoms with Crippen LogP contribution in [-0.4, -0.2) is 35.0 Å². The molecule has 0 saturated heterocycles. The van der Waals surface area contributed by atoms with Crippen LogP contribution in [0.2, 0.25) is 0 Å². The first kappa shape index (κ1) is 20.0. The van der Waals surface area contributed by atoms with Crippen LogP contribution in [0.1, 0.15) is 35.0 Å². The van der Waals surface area contributed by atoms with Gasteiger partial charge in [0.25, 0.3) is 5.91 Å². The van der Waals surface area contributed by atoms with Crippen LogP contribution in [0.3, 0.4) is 0 Å². The maximum atomic E-state index is 12.8. The second kappa shape index (κ2) is 8.51. The number of thiophene rings is 1. The highest BCUT2D eigenvalue weighted by Crippen LogP contribution is 2.35. The first-order valence-corrected chi connectivity index (χ1v) is 9.46. The van der Waals surface area contributed by atoms with E-state index in [1.54, 1.807) is 24.0 Å². The lowest BCUT2D eigenvalue weighted by Crippen LogP contribution is -2.32. The SMILES string of the molecule is CCOc1cc(CN(C(=O)c2ccc([N+](=O)[O-])s2)C2CC2)ccc1OC(F)F. The molecule has 0 atom stereocenters. The highest BCUT2D eigenvalue weighted by molar-refractivity contribution is 7.17. The van der Waals surface area contributed by atoms with Gasteiger partial charge in [-0.05, 0) is 43.5 Å². The Hall–Kier alpha value is -2.75. The zero-order valence-electron chi connectivity index (χ0n) is 15.0. The van der Waals surface area contributed by atoms with Crippen molar-refractivity contribution in [3.63, 3.8) is 0 Å². The molecule has 2 aromatic rings. The number of nitro groups is 1. The molecule has 28 heavy (non-hydrogen) atoms. The van der Waals surface area contributed by atoms with E-state index in [1.807, 2.05) is 0 Å². The molecule has 1 aliphatic carbocycles. The molecule has 3 rings (SSSR count). The molecule has 0 spiro atoms. The lowest BCUT2D eigenvalue weighted by Gasteiger charge is -2.22. The number of halogens is 2. The maximum absolute atomic E-state index is 12.8. The molecule has 1 amide bonds. The van der Waals surface area contributed by atoms with Crippen molar-refractivity contribution in [2.24, 2.45) is 0 Å². The molecule has 1 fully saturated rings. The van der Waals surface area contributed by atoms with Gasteiger partial charge in [0.2, 0.25) is 0 Å². The van der Waals surface area contributed by atoms with Gasteiger partial charge in [0.05, 0.1) is 16.4 Å². The van der Waals surface area contributed by atoms with Gasteiger partial charge in [-0.3, -0.25) is 14.9 Å². The molecule has 7 nitrogen and oxygen atoms in total. The van der Waals surface area contributed by atoms with Crippen LogP contribution < -0.4 is 9.47 Å². The van der Waals surface area contributed by atoms with E-state index in [9.17, 15) is 23.7 Å². The molecule has 10 heteroatoms. The van der Waals surface area contributed by atoms with Crippen molar-refractivity contribution in [1.29, 1.82) is 0 Å². The summed E-state index contributed by atoms with van der Waals surface area (Å²) in [4.78, 5) is 25.1. The molecule has 0 N–H and O–H groups in total. The summed E-state index contributed by atoms with van der Waals surface area (Å²) in [5.74, 6) is -0.180. The van der Waals surface area contributed by atoms with Crippen LogP contribution in [0.15, 0.2) is 30.3 Å². The second-order valence-electron chi connectivity index (χ2n) is 6.15. The highest BCUT2D eigenvalue weighted by Gasteiger charge is 2.34. The smallest absolute Gasteiger partial charge is 0.387 e. The number of amides is 1. The van der Waals surface area contributed by atoms with Gasteiger partial charge >= 0.3 is 11.6 Å². The average Bonchev–Trinajstić information content (AvgIpc) is 3.35. The van der Waals surface area contributed by atoms with E-state index in [-0.39, 0.29) is 41.6 Å². The van der Waals surface area contributed by atoms with Crippen molar-refractivity contribution in [3.05, 3.63) is 50.9 Å². The Bertz CT molecular complexity index is 869. The Balaban J connectivity index is 1.81. The predicted octanol–water partition coefficient (Wildman–Crippen LogP) is 4.46. The zero-order valence-corrected chi connectivity index (χ0v) is 15.8. The summed E-state index contributed by atoms with van der Waals surface area (Å²) >= 11 is 0.835. The molecule has 1 aromatic heterocycles. The van der Waals surface area contributed by atoms with Crippen molar-refractivity contribution in [2.75, 3.05) is 6.61 Å². The van der Waals surface area contributed by atoms with Crippen LogP contribution >= 0.6 is 11.3 Å². The molecule has 0 unspecified atom stereocenters. The summed E-state index contributed by atoms with van der Waals surface area (Å²) < 4.78 is 34.9. The predicted molar refractivity (Wildman–Crippen MR) is 98.1 cm³/mol. The Labute approximate surface area is 163 Å². The monoisotopic (exact) mass is 412 g/mol. The standard InChI is InChI=1S/C18H18F2N2O5S/c1-2-26-14-9-11(3-6-13(14)27-18(19)20)10-21(12-4-5-12)17(23)15-7-8-16(28-15)22(24)25/h3,6-9,12,18H,2,4-5,10H2,1H3. The summed E-state index contributed by atoms with van der Waals surface area (Å²) in [7, 11) is 0. The van der Waals surface area contributed by atoms with E-state index in [4.69, 9.17) is 4.74 Å².